The lowest BCUT2D eigenvalue weighted by Crippen LogP contribution is -1.96. The Balaban J connectivity index is 0.000000720. The molecule has 1 heterocycles. The number of halogens is 1. The number of hydrogen-bond acceptors (Lipinski definition) is 2. The maximum Gasteiger partial charge on any atom is 0.343 e. The van der Waals surface area contributed by atoms with Crippen LogP contribution in [0.15, 0.2) is 45.8 Å². The monoisotopic (exact) mass is 226 g/mol. The standard InChI is InChI=1S/C9H6O2.BrH/c10-9-8-4-2-1-3-7(8)5-6-11-9;/h1-6H;1H. The Kier molecular flexibility index (Phi) is 2.65. The van der Waals surface area contributed by atoms with Gasteiger partial charge in [-0.25, -0.2) is 4.79 Å². The van der Waals surface area contributed by atoms with Crippen molar-refractivity contribution in [2.75, 3.05) is 0 Å². The summed E-state index contributed by atoms with van der Waals surface area (Å²) in [4.78, 5) is 11.0. The molecule has 0 aliphatic carbocycles. The van der Waals surface area contributed by atoms with Gasteiger partial charge in [0, 0.05) is 0 Å². The second-order valence-electron chi connectivity index (χ2n) is 2.30. The van der Waals surface area contributed by atoms with Gasteiger partial charge in [-0.2, -0.15) is 0 Å². The van der Waals surface area contributed by atoms with E-state index >= 15 is 0 Å². The van der Waals surface area contributed by atoms with E-state index in [2.05, 4.69) is 4.42 Å². The summed E-state index contributed by atoms with van der Waals surface area (Å²) in [6.07, 6.45) is 1.41. The lowest BCUT2D eigenvalue weighted by molar-refractivity contribution is 0.519. The van der Waals surface area contributed by atoms with Crippen molar-refractivity contribution in [1.29, 1.82) is 0 Å². The highest BCUT2D eigenvalue weighted by Crippen LogP contribution is 2.06. The third kappa shape index (κ3) is 1.41. The van der Waals surface area contributed by atoms with Gasteiger partial charge in [0.05, 0.1) is 11.6 Å². The molecule has 1 aromatic carbocycles. The zero-order valence-electron chi connectivity index (χ0n) is 6.19. The van der Waals surface area contributed by atoms with E-state index in [0.717, 1.165) is 5.39 Å². The first kappa shape index (κ1) is 9.00. The van der Waals surface area contributed by atoms with E-state index in [1.807, 2.05) is 18.2 Å². The van der Waals surface area contributed by atoms with E-state index in [9.17, 15) is 4.79 Å². The van der Waals surface area contributed by atoms with Crippen molar-refractivity contribution in [3.05, 3.63) is 47.0 Å². The molecule has 2 nitrogen and oxygen atoms in total. The molecule has 0 spiro atoms. The number of benzene rings is 1. The first-order chi connectivity index (χ1) is 5.38. The smallest absolute Gasteiger partial charge is 0.343 e. The predicted octanol–water partition coefficient (Wildman–Crippen LogP) is 2.37. The van der Waals surface area contributed by atoms with Gasteiger partial charge in [0.1, 0.15) is 0 Å². The first-order valence-corrected chi connectivity index (χ1v) is 3.34. The van der Waals surface area contributed by atoms with Crippen molar-refractivity contribution >= 4 is 27.8 Å². The van der Waals surface area contributed by atoms with Crippen LogP contribution in [0.1, 0.15) is 0 Å². The van der Waals surface area contributed by atoms with Crippen LogP contribution < -0.4 is 5.63 Å². The largest absolute Gasteiger partial charge is 0.431 e. The molecular weight excluding hydrogens is 220 g/mol. The summed E-state index contributed by atoms with van der Waals surface area (Å²) in [5.41, 5.74) is -0.275. The average molecular weight is 227 g/mol. The maximum absolute atomic E-state index is 11.0. The molecule has 0 fully saturated rings. The minimum absolute atomic E-state index is 0. The van der Waals surface area contributed by atoms with Crippen LogP contribution in [0.25, 0.3) is 10.8 Å². The molecule has 2 rings (SSSR count). The molecule has 12 heavy (non-hydrogen) atoms. The van der Waals surface area contributed by atoms with Crippen molar-refractivity contribution in [3.8, 4) is 0 Å². The first-order valence-electron chi connectivity index (χ1n) is 3.34. The Labute approximate surface area is 79.6 Å². The minimum Gasteiger partial charge on any atom is -0.431 e. The summed E-state index contributed by atoms with van der Waals surface area (Å²) in [7, 11) is 0. The normalized spacial score (nSPS) is 9.33. The molecule has 0 saturated carbocycles. The molecule has 0 radical (unpaired) electrons. The zero-order valence-corrected chi connectivity index (χ0v) is 7.90. The summed E-state index contributed by atoms with van der Waals surface area (Å²) < 4.78 is 4.68. The fourth-order valence-corrected chi connectivity index (χ4v) is 1.06. The van der Waals surface area contributed by atoms with E-state index in [4.69, 9.17) is 0 Å². The lowest BCUT2D eigenvalue weighted by Gasteiger charge is -1.91. The van der Waals surface area contributed by atoms with Crippen molar-refractivity contribution in [3.63, 3.8) is 0 Å². The van der Waals surface area contributed by atoms with Gasteiger partial charge in [-0.15, -0.1) is 17.0 Å². The van der Waals surface area contributed by atoms with Gasteiger partial charge >= 0.3 is 5.63 Å². The van der Waals surface area contributed by atoms with Crippen LogP contribution in [0.3, 0.4) is 0 Å². The number of rotatable bonds is 0. The molecule has 0 amide bonds. The summed E-state index contributed by atoms with van der Waals surface area (Å²) in [6, 6.07) is 9.12. The van der Waals surface area contributed by atoms with Crippen LogP contribution in [0.4, 0.5) is 0 Å². The van der Waals surface area contributed by atoms with Gasteiger partial charge in [-0.1, -0.05) is 18.2 Å². The van der Waals surface area contributed by atoms with E-state index in [-0.39, 0.29) is 22.6 Å². The Morgan fingerprint density at radius 3 is 2.58 bits per heavy atom. The SMILES string of the molecule is Br.O=c1occc2ccccc12. The molecule has 2 aromatic rings. The topological polar surface area (TPSA) is 30.2 Å². The van der Waals surface area contributed by atoms with Gasteiger partial charge < -0.3 is 4.42 Å². The van der Waals surface area contributed by atoms with Gasteiger partial charge in [0.2, 0.25) is 0 Å². The second kappa shape index (κ2) is 3.54. The van der Waals surface area contributed by atoms with Crippen molar-refractivity contribution in [2.45, 2.75) is 0 Å². The molecule has 1 aromatic heterocycles. The Morgan fingerprint density at radius 2 is 1.83 bits per heavy atom. The van der Waals surface area contributed by atoms with Crippen LogP contribution in [0.2, 0.25) is 0 Å². The van der Waals surface area contributed by atoms with Crippen LogP contribution in [0.5, 0.6) is 0 Å². The van der Waals surface area contributed by atoms with Crippen LogP contribution in [-0.4, -0.2) is 0 Å². The van der Waals surface area contributed by atoms with Crippen LogP contribution >= 0.6 is 17.0 Å². The van der Waals surface area contributed by atoms with Gasteiger partial charge in [0.15, 0.2) is 0 Å². The zero-order chi connectivity index (χ0) is 7.68. The summed E-state index contributed by atoms with van der Waals surface area (Å²) in [5, 5.41) is 1.55. The molecule has 0 saturated heterocycles. The molecule has 0 aliphatic rings. The fraction of sp³-hybridized carbons (Fsp3) is 0. The predicted molar refractivity (Wildman–Crippen MR) is 52.8 cm³/mol. The third-order valence-electron chi connectivity index (χ3n) is 1.60. The van der Waals surface area contributed by atoms with Gasteiger partial charge in [0.25, 0.3) is 0 Å². The van der Waals surface area contributed by atoms with Crippen molar-refractivity contribution < 1.29 is 4.42 Å². The molecule has 0 atom stereocenters. The van der Waals surface area contributed by atoms with E-state index in [1.54, 1.807) is 12.1 Å². The molecule has 0 unspecified atom stereocenters. The summed E-state index contributed by atoms with van der Waals surface area (Å²) >= 11 is 0. The molecular formula is C9H7BrO2. The molecule has 0 aliphatic heterocycles. The van der Waals surface area contributed by atoms with Gasteiger partial charge in [-0.05, 0) is 17.5 Å². The van der Waals surface area contributed by atoms with Crippen molar-refractivity contribution in [2.24, 2.45) is 0 Å². The molecule has 0 bridgehead atoms. The van der Waals surface area contributed by atoms with Crippen LogP contribution in [0, 0.1) is 0 Å². The lowest BCUT2D eigenvalue weighted by atomic mass is 10.2. The highest BCUT2D eigenvalue weighted by atomic mass is 79.9. The highest BCUT2D eigenvalue weighted by molar-refractivity contribution is 8.93. The average Bonchev–Trinajstić information content (AvgIpc) is 2.06. The van der Waals surface area contributed by atoms with E-state index < -0.39 is 0 Å². The Hall–Kier alpha value is -1.09. The van der Waals surface area contributed by atoms with E-state index in [1.165, 1.54) is 6.26 Å². The molecule has 0 N–H and O–H groups in total. The summed E-state index contributed by atoms with van der Waals surface area (Å²) in [5.74, 6) is 0. The van der Waals surface area contributed by atoms with Crippen LogP contribution in [-0.2, 0) is 0 Å². The maximum atomic E-state index is 11.0. The summed E-state index contributed by atoms with van der Waals surface area (Å²) in [6.45, 7) is 0. The van der Waals surface area contributed by atoms with E-state index in [0.29, 0.717) is 5.39 Å². The molecule has 3 heteroatoms. The van der Waals surface area contributed by atoms with Crippen molar-refractivity contribution in [1.82, 2.24) is 0 Å². The molecule has 62 valence electrons. The Bertz CT molecular complexity index is 428. The highest BCUT2D eigenvalue weighted by Gasteiger charge is 1.94. The quantitative estimate of drug-likeness (QED) is 0.691. The second-order valence-corrected chi connectivity index (χ2v) is 2.30. The number of fused-ring (bicyclic) bond motifs is 1. The van der Waals surface area contributed by atoms with Gasteiger partial charge in [-0.3, -0.25) is 0 Å². The Morgan fingerprint density at radius 1 is 1.08 bits per heavy atom. The number of hydrogen-bond donors (Lipinski definition) is 0. The minimum atomic E-state index is -0.275. The fourth-order valence-electron chi connectivity index (χ4n) is 1.06. The third-order valence-corrected chi connectivity index (χ3v) is 1.60.